The molecule has 0 unspecified atom stereocenters. The van der Waals surface area contributed by atoms with E-state index in [2.05, 4.69) is 9.80 Å². The van der Waals surface area contributed by atoms with Crippen molar-refractivity contribution in [1.82, 2.24) is 4.90 Å². The van der Waals surface area contributed by atoms with Crippen LogP contribution in [-0.2, 0) is 0 Å². The minimum Gasteiger partial charge on any atom is -0.508 e. The van der Waals surface area contributed by atoms with E-state index in [0.29, 0.717) is 5.75 Å². The van der Waals surface area contributed by atoms with Gasteiger partial charge in [0.15, 0.2) is 0 Å². The zero-order valence-corrected chi connectivity index (χ0v) is 10.9. The van der Waals surface area contributed by atoms with E-state index < -0.39 is 0 Å². The third-order valence-electron chi connectivity index (χ3n) is 3.52. The Morgan fingerprint density at radius 2 is 1.67 bits per heavy atom. The predicted octanol–water partition coefficient (Wildman–Crippen LogP) is 1.25. The third-order valence-corrected chi connectivity index (χ3v) is 3.52. The monoisotopic (exact) mass is 249 g/mol. The first-order valence-electron chi connectivity index (χ1n) is 6.76. The molecule has 0 atom stereocenters. The molecule has 0 aromatic heterocycles. The Balaban J connectivity index is 1.77. The van der Waals surface area contributed by atoms with Crippen LogP contribution in [0.4, 0.5) is 5.69 Å². The van der Waals surface area contributed by atoms with Crippen LogP contribution in [0.25, 0.3) is 0 Å². The Bertz CT molecular complexity index is 345. The molecule has 0 bridgehead atoms. The molecule has 1 aromatic carbocycles. The van der Waals surface area contributed by atoms with Gasteiger partial charge in [0.05, 0.1) is 0 Å². The largest absolute Gasteiger partial charge is 0.508 e. The zero-order chi connectivity index (χ0) is 12.8. The highest BCUT2D eigenvalue weighted by Crippen LogP contribution is 2.19. The van der Waals surface area contributed by atoms with Gasteiger partial charge >= 0.3 is 0 Å². The van der Waals surface area contributed by atoms with Crippen molar-refractivity contribution in [3.8, 4) is 5.75 Å². The molecule has 0 spiro atoms. The minimum absolute atomic E-state index is 0.333. The van der Waals surface area contributed by atoms with E-state index in [1.807, 2.05) is 12.1 Å². The number of rotatable bonds is 5. The van der Waals surface area contributed by atoms with Gasteiger partial charge < -0.3 is 15.7 Å². The minimum atomic E-state index is 0.333. The van der Waals surface area contributed by atoms with E-state index in [4.69, 9.17) is 5.73 Å². The fourth-order valence-electron chi connectivity index (χ4n) is 2.37. The van der Waals surface area contributed by atoms with Crippen LogP contribution in [0.1, 0.15) is 12.8 Å². The number of anilines is 1. The summed E-state index contributed by atoms with van der Waals surface area (Å²) in [4.78, 5) is 4.88. The number of hydrogen-bond acceptors (Lipinski definition) is 4. The Morgan fingerprint density at radius 3 is 2.28 bits per heavy atom. The molecule has 0 radical (unpaired) electrons. The van der Waals surface area contributed by atoms with Gasteiger partial charge in [-0.15, -0.1) is 0 Å². The van der Waals surface area contributed by atoms with Crippen molar-refractivity contribution in [1.29, 1.82) is 0 Å². The van der Waals surface area contributed by atoms with Crippen molar-refractivity contribution in [3.05, 3.63) is 24.3 Å². The van der Waals surface area contributed by atoms with Crippen molar-refractivity contribution in [2.24, 2.45) is 5.73 Å². The van der Waals surface area contributed by atoms with E-state index in [1.165, 1.54) is 18.7 Å². The second-order valence-corrected chi connectivity index (χ2v) is 4.84. The highest BCUT2D eigenvalue weighted by Gasteiger charge is 2.16. The molecule has 2 rings (SSSR count). The van der Waals surface area contributed by atoms with Crippen LogP contribution in [0.15, 0.2) is 24.3 Å². The zero-order valence-electron chi connectivity index (χ0n) is 10.9. The lowest BCUT2D eigenvalue weighted by molar-refractivity contribution is 0.253. The Labute approximate surface area is 109 Å². The molecule has 1 aromatic rings. The number of piperazine rings is 1. The molecule has 1 saturated heterocycles. The second kappa shape index (κ2) is 6.61. The molecule has 1 fully saturated rings. The van der Waals surface area contributed by atoms with Crippen LogP contribution >= 0.6 is 0 Å². The number of benzene rings is 1. The van der Waals surface area contributed by atoms with Gasteiger partial charge in [0.2, 0.25) is 0 Å². The predicted molar refractivity (Wildman–Crippen MR) is 75.0 cm³/mol. The van der Waals surface area contributed by atoms with Crippen molar-refractivity contribution < 1.29 is 5.11 Å². The summed E-state index contributed by atoms with van der Waals surface area (Å²) in [6.45, 7) is 6.33. The number of nitrogens with two attached hydrogens (primary N) is 1. The molecule has 0 aliphatic carbocycles. The maximum atomic E-state index is 9.28. The fraction of sp³-hybridized carbons (Fsp3) is 0.571. The Morgan fingerprint density at radius 1 is 1.00 bits per heavy atom. The second-order valence-electron chi connectivity index (χ2n) is 4.84. The van der Waals surface area contributed by atoms with E-state index in [-0.39, 0.29) is 0 Å². The molecule has 1 aliphatic heterocycles. The molecule has 18 heavy (non-hydrogen) atoms. The van der Waals surface area contributed by atoms with Gasteiger partial charge in [0.1, 0.15) is 5.75 Å². The van der Waals surface area contributed by atoms with E-state index in [9.17, 15) is 5.11 Å². The van der Waals surface area contributed by atoms with Gasteiger partial charge in [0, 0.05) is 31.9 Å². The Hall–Kier alpha value is -1.26. The standard InChI is InChI=1S/C14H23N3O/c15-7-1-2-8-16-9-11-17(12-10-16)13-3-5-14(18)6-4-13/h3-6,18H,1-2,7-12,15H2. The number of aromatic hydroxyl groups is 1. The maximum absolute atomic E-state index is 9.28. The molecular weight excluding hydrogens is 226 g/mol. The smallest absolute Gasteiger partial charge is 0.115 e. The average Bonchev–Trinajstić information content (AvgIpc) is 2.41. The van der Waals surface area contributed by atoms with E-state index in [1.54, 1.807) is 12.1 Å². The van der Waals surface area contributed by atoms with Crippen molar-refractivity contribution in [2.45, 2.75) is 12.8 Å². The topological polar surface area (TPSA) is 52.7 Å². The fourth-order valence-corrected chi connectivity index (χ4v) is 2.37. The highest BCUT2D eigenvalue weighted by molar-refractivity contribution is 5.49. The molecule has 1 aliphatic rings. The van der Waals surface area contributed by atoms with Crippen LogP contribution in [0.2, 0.25) is 0 Å². The first-order valence-corrected chi connectivity index (χ1v) is 6.76. The molecule has 1 heterocycles. The van der Waals surface area contributed by atoms with Gasteiger partial charge in [-0.2, -0.15) is 0 Å². The molecule has 3 N–H and O–H groups in total. The van der Waals surface area contributed by atoms with Crippen LogP contribution in [0.3, 0.4) is 0 Å². The highest BCUT2D eigenvalue weighted by atomic mass is 16.3. The summed E-state index contributed by atoms with van der Waals surface area (Å²) in [5, 5.41) is 9.28. The summed E-state index contributed by atoms with van der Waals surface area (Å²) in [5.74, 6) is 0.333. The summed E-state index contributed by atoms with van der Waals surface area (Å²) in [7, 11) is 0. The van der Waals surface area contributed by atoms with Crippen molar-refractivity contribution >= 4 is 5.69 Å². The van der Waals surface area contributed by atoms with Gasteiger partial charge in [-0.05, 0) is 50.2 Å². The van der Waals surface area contributed by atoms with Gasteiger partial charge in [-0.3, -0.25) is 4.90 Å². The van der Waals surface area contributed by atoms with E-state index >= 15 is 0 Å². The van der Waals surface area contributed by atoms with Gasteiger partial charge in [-0.25, -0.2) is 0 Å². The lowest BCUT2D eigenvalue weighted by Gasteiger charge is -2.36. The molecule has 0 saturated carbocycles. The number of nitrogens with zero attached hydrogens (tertiary/aromatic N) is 2. The number of hydrogen-bond donors (Lipinski definition) is 2. The quantitative estimate of drug-likeness (QED) is 0.771. The van der Waals surface area contributed by atoms with Crippen molar-refractivity contribution in [3.63, 3.8) is 0 Å². The van der Waals surface area contributed by atoms with Gasteiger partial charge in [-0.1, -0.05) is 0 Å². The Kier molecular flexibility index (Phi) is 4.84. The molecule has 0 amide bonds. The summed E-state index contributed by atoms with van der Waals surface area (Å²) >= 11 is 0. The SMILES string of the molecule is NCCCCN1CCN(c2ccc(O)cc2)CC1. The lowest BCUT2D eigenvalue weighted by atomic mass is 10.2. The van der Waals surface area contributed by atoms with Crippen molar-refractivity contribution in [2.75, 3.05) is 44.2 Å². The number of unbranched alkanes of at least 4 members (excludes halogenated alkanes) is 1. The lowest BCUT2D eigenvalue weighted by Crippen LogP contribution is -2.46. The maximum Gasteiger partial charge on any atom is 0.115 e. The average molecular weight is 249 g/mol. The molecular formula is C14H23N3O. The van der Waals surface area contributed by atoms with Crippen LogP contribution in [-0.4, -0.2) is 49.3 Å². The first-order chi connectivity index (χ1) is 8.79. The van der Waals surface area contributed by atoms with Crippen LogP contribution in [0, 0.1) is 0 Å². The van der Waals surface area contributed by atoms with Gasteiger partial charge in [0.25, 0.3) is 0 Å². The number of phenolic OH excluding ortho intramolecular Hbond substituents is 1. The van der Waals surface area contributed by atoms with Crippen LogP contribution in [0.5, 0.6) is 5.75 Å². The summed E-state index contributed by atoms with van der Waals surface area (Å²) in [6, 6.07) is 7.48. The van der Waals surface area contributed by atoms with E-state index in [0.717, 1.165) is 39.1 Å². The normalized spacial score (nSPS) is 17.1. The molecule has 4 heteroatoms. The summed E-state index contributed by atoms with van der Waals surface area (Å²) in [6.07, 6.45) is 2.33. The number of phenols is 1. The first kappa shape index (κ1) is 13.2. The summed E-state index contributed by atoms with van der Waals surface area (Å²) < 4.78 is 0. The molecule has 100 valence electrons. The third kappa shape index (κ3) is 3.62. The summed E-state index contributed by atoms with van der Waals surface area (Å²) in [5.41, 5.74) is 6.71. The van der Waals surface area contributed by atoms with Crippen LogP contribution < -0.4 is 10.6 Å². The molecule has 4 nitrogen and oxygen atoms in total.